The monoisotopic (exact) mass is 342 g/mol. The molecule has 2 atom stereocenters. The number of hydrogen-bond acceptors (Lipinski definition) is 4. The lowest BCUT2D eigenvalue weighted by molar-refractivity contribution is 0.0935. The number of benzene rings is 1. The van der Waals surface area contributed by atoms with Gasteiger partial charge in [-0.25, -0.2) is 4.98 Å². The highest BCUT2D eigenvalue weighted by Gasteiger charge is 2.31. The Kier molecular flexibility index (Phi) is 5.50. The van der Waals surface area contributed by atoms with Gasteiger partial charge < -0.3 is 15.0 Å². The van der Waals surface area contributed by atoms with Gasteiger partial charge in [-0.3, -0.25) is 9.69 Å². The van der Waals surface area contributed by atoms with Gasteiger partial charge in [-0.1, -0.05) is 30.3 Å². The van der Waals surface area contributed by atoms with Crippen LogP contribution in [0.25, 0.3) is 0 Å². The van der Waals surface area contributed by atoms with Crippen LogP contribution in [0, 0.1) is 0 Å². The zero-order valence-corrected chi connectivity index (χ0v) is 14.8. The van der Waals surface area contributed by atoms with Crippen LogP contribution >= 0.6 is 0 Å². The lowest BCUT2D eigenvalue weighted by Gasteiger charge is -2.24. The van der Waals surface area contributed by atoms with Crippen molar-refractivity contribution in [1.29, 1.82) is 0 Å². The molecule has 1 aromatic heterocycles. The van der Waals surface area contributed by atoms with Crippen molar-refractivity contribution in [2.45, 2.75) is 45.0 Å². The Balaban J connectivity index is 1.57. The van der Waals surface area contributed by atoms with E-state index in [9.17, 15) is 9.90 Å². The minimum atomic E-state index is -0.342. The maximum atomic E-state index is 12.3. The van der Waals surface area contributed by atoms with Crippen molar-refractivity contribution in [3.05, 3.63) is 54.1 Å². The van der Waals surface area contributed by atoms with Crippen molar-refractivity contribution in [1.82, 2.24) is 19.8 Å². The molecule has 2 heterocycles. The largest absolute Gasteiger partial charge is 0.392 e. The fourth-order valence-corrected chi connectivity index (χ4v) is 3.22. The average molecular weight is 342 g/mol. The zero-order chi connectivity index (χ0) is 17.8. The summed E-state index contributed by atoms with van der Waals surface area (Å²) >= 11 is 0. The third kappa shape index (κ3) is 4.46. The van der Waals surface area contributed by atoms with Gasteiger partial charge in [-0.15, -0.1) is 0 Å². The van der Waals surface area contributed by atoms with Gasteiger partial charge in [-0.2, -0.15) is 0 Å². The van der Waals surface area contributed by atoms with E-state index in [1.807, 2.05) is 36.6 Å². The van der Waals surface area contributed by atoms with Crippen molar-refractivity contribution in [3.63, 3.8) is 0 Å². The van der Waals surface area contributed by atoms with Crippen LogP contribution in [0.15, 0.2) is 42.9 Å². The Morgan fingerprint density at radius 1 is 1.36 bits per heavy atom. The molecule has 2 aromatic rings. The molecule has 134 valence electrons. The molecule has 6 heteroatoms. The van der Waals surface area contributed by atoms with Gasteiger partial charge in [0, 0.05) is 37.9 Å². The number of aliphatic hydroxyl groups is 1. The number of imidazole rings is 1. The number of nitrogens with zero attached hydrogens (tertiary/aromatic N) is 3. The summed E-state index contributed by atoms with van der Waals surface area (Å²) in [5, 5.41) is 13.0. The summed E-state index contributed by atoms with van der Waals surface area (Å²) in [5.74, 6) is -0.166. The minimum Gasteiger partial charge on any atom is -0.392 e. The number of hydrogen-bond donors (Lipinski definition) is 2. The number of β-amino-alcohol motifs (C(OH)–C–C–N with tert-alkyl or cyclic N) is 1. The lowest BCUT2D eigenvalue weighted by atomic mass is 10.1. The van der Waals surface area contributed by atoms with Crippen LogP contribution in [0.1, 0.15) is 42.4 Å². The summed E-state index contributed by atoms with van der Waals surface area (Å²) in [7, 11) is 0. The van der Waals surface area contributed by atoms with Crippen LogP contribution in [0.3, 0.4) is 0 Å². The van der Waals surface area contributed by atoms with E-state index in [1.165, 1.54) is 5.56 Å². The fourth-order valence-electron chi connectivity index (χ4n) is 3.22. The Labute approximate surface area is 148 Å². The first-order chi connectivity index (χ1) is 12.0. The van der Waals surface area contributed by atoms with Crippen LogP contribution in [0.2, 0.25) is 0 Å². The molecule has 6 nitrogen and oxygen atoms in total. The second-order valence-corrected chi connectivity index (χ2v) is 6.97. The van der Waals surface area contributed by atoms with Gasteiger partial charge in [0.05, 0.1) is 12.4 Å². The van der Waals surface area contributed by atoms with Crippen LogP contribution in [0.5, 0.6) is 0 Å². The quantitative estimate of drug-likeness (QED) is 0.840. The van der Waals surface area contributed by atoms with Gasteiger partial charge in [-0.05, 0) is 25.8 Å². The Morgan fingerprint density at radius 3 is 2.80 bits per heavy atom. The average Bonchev–Trinajstić information content (AvgIpc) is 3.21. The van der Waals surface area contributed by atoms with E-state index in [4.69, 9.17) is 0 Å². The molecule has 25 heavy (non-hydrogen) atoms. The topological polar surface area (TPSA) is 70.4 Å². The number of aliphatic hydroxyl groups excluding tert-OH is 1. The molecule has 0 saturated carbocycles. The second-order valence-electron chi connectivity index (χ2n) is 6.97. The summed E-state index contributed by atoms with van der Waals surface area (Å²) in [6, 6.07) is 10.6. The second kappa shape index (κ2) is 7.80. The number of likely N-dealkylation sites (tertiary alicyclic amines) is 1. The van der Waals surface area contributed by atoms with Crippen molar-refractivity contribution < 1.29 is 9.90 Å². The van der Waals surface area contributed by atoms with E-state index in [2.05, 4.69) is 27.3 Å². The van der Waals surface area contributed by atoms with Crippen molar-refractivity contribution >= 4 is 5.91 Å². The molecular weight excluding hydrogens is 316 g/mol. The summed E-state index contributed by atoms with van der Waals surface area (Å²) in [6.07, 6.45) is 3.78. The smallest absolute Gasteiger partial charge is 0.271 e. The molecule has 0 bridgehead atoms. The normalized spacial score (nSPS) is 21.0. The highest BCUT2D eigenvalue weighted by Crippen LogP contribution is 2.20. The maximum Gasteiger partial charge on any atom is 0.271 e. The highest BCUT2D eigenvalue weighted by atomic mass is 16.3. The molecule has 0 aliphatic carbocycles. The van der Waals surface area contributed by atoms with Gasteiger partial charge >= 0.3 is 0 Å². The molecule has 2 N–H and O–H groups in total. The molecular formula is C19H26N4O2. The number of rotatable bonds is 6. The fraction of sp³-hybridized carbons (Fsp3) is 0.474. The molecule has 1 aliphatic heterocycles. The van der Waals surface area contributed by atoms with E-state index in [1.54, 1.807) is 12.5 Å². The Hall–Kier alpha value is -2.18. The third-order valence-corrected chi connectivity index (χ3v) is 4.66. The standard InChI is InChI=1S/C19H26N4O2/c1-14(2)23-12-18(21-13-23)19(25)20-9-16-8-17(24)11-22(16)10-15-6-4-3-5-7-15/h3-7,12-14,16-17,24H,8-11H2,1-2H3,(H,20,25)/t16-,17-/m1/s1. The first kappa shape index (κ1) is 17.6. The molecule has 0 radical (unpaired) electrons. The Bertz CT molecular complexity index is 698. The zero-order valence-electron chi connectivity index (χ0n) is 14.8. The molecule has 1 aromatic carbocycles. The summed E-state index contributed by atoms with van der Waals surface area (Å²) < 4.78 is 1.91. The third-order valence-electron chi connectivity index (χ3n) is 4.66. The van der Waals surface area contributed by atoms with Crippen LogP contribution < -0.4 is 5.32 Å². The van der Waals surface area contributed by atoms with Gasteiger partial charge in [0.1, 0.15) is 5.69 Å². The van der Waals surface area contributed by atoms with Gasteiger partial charge in [0.2, 0.25) is 0 Å². The number of aromatic nitrogens is 2. The molecule has 1 fully saturated rings. The molecule has 1 amide bonds. The van der Waals surface area contributed by atoms with Gasteiger partial charge in [0.25, 0.3) is 5.91 Å². The lowest BCUT2D eigenvalue weighted by Crippen LogP contribution is -2.39. The predicted octanol–water partition coefficient (Wildman–Crippen LogP) is 1.83. The molecule has 1 aliphatic rings. The molecule has 3 rings (SSSR count). The SMILES string of the molecule is CC(C)n1cnc(C(=O)NC[C@H]2C[C@@H](O)CN2Cc2ccccc2)c1. The van der Waals surface area contributed by atoms with Crippen LogP contribution in [-0.2, 0) is 6.54 Å². The first-order valence-corrected chi connectivity index (χ1v) is 8.80. The predicted molar refractivity (Wildman–Crippen MR) is 96.2 cm³/mol. The summed E-state index contributed by atoms with van der Waals surface area (Å²) in [5.41, 5.74) is 1.64. The molecule has 1 saturated heterocycles. The van der Waals surface area contributed by atoms with E-state index < -0.39 is 0 Å². The number of nitrogens with one attached hydrogen (secondary N) is 1. The van der Waals surface area contributed by atoms with E-state index in [-0.39, 0.29) is 24.1 Å². The minimum absolute atomic E-state index is 0.131. The molecule has 0 unspecified atom stereocenters. The Morgan fingerprint density at radius 2 is 2.12 bits per heavy atom. The number of carbonyl (C=O) groups is 1. The van der Waals surface area contributed by atoms with Crippen molar-refractivity contribution in [2.75, 3.05) is 13.1 Å². The van der Waals surface area contributed by atoms with E-state index in [0.717, 1.165) is 6.54 Å². The number of carbonyl (C=O) groups excluding carboxylic acids is 1. The summed E-state index contributed by atoms with van der Waals surface area (Å²) in [4.78, 5) is 18.7. The van der Waals surface area contributed by atoms with E-state index in [0.29, 0.717) is 25.2 Å². The van der Waals surface area contributed by atoms with Crippen LogP contribution in [0.4, 0.5) is 0 Å². The summed E-state index contributed by atoms with van der Waals surface area (Å²) in [6.45, 7) is 6.02. The maximum absolute atomic E-state index is 12.3. The molecule has 0 spiro atoms. The van der Waals surface area contributed by atoms with Gasteiger partial charge in [0.15, 0.2) is 0 Å². The van der Waals surface area contributed by atoms with Crippen molar-refractivity contribution in [3.8, 4) is 0 Å². The number of amides is 1. The van der Waals surface area contributed by atoms with E-state index >= 15 is 0 Å². The highest BCUT2D eigenvalue weighted by molar-refractivity contribution is 5.92. The van der Waals surface area contributed by atoms with Crippen molar-refractivity contribution in [2.24, 2.45) is 0 Å². The first-order valence-electron chi connectivity index (χ1n) is 8.80. The van der Waals surface area contributed by atoms with Crippen LogP contribution in [-0.4, -0.2) is 50.7 Å².